The zero-order valence-corrected chi connectivity index (χ0v) is 33.0. The van der Waals surface area contributed by atoms with Gasteiger partial charge in [-0.15, -0.1) is 0 Å². The molecule has 0 bridgehead atoms. The maximum Gasteiger partial charge on any atom is 0.264 e. The molecule has 6 rings (SSSR count). The molecule has 11 nitrogen and oxygen atoms in total. The standard InChI is InChI=1S/C42H52N4O7S/c1-25(2)45(6)40(42(48)44-54(49,50)35-17-14-29-19-34(51-7)16-13-30(29)20-35)39(41(47)28(5)43)32-11-12-33(23-46-26(3)9-8-10-27(46)4)36(21-32)31-15-18-37-38(22-31)53-24-52-37/h11-22,25-28,39-40H,8-10,23-24,43H2,1-7H3,(H,44,48)/t26-,27+,28-,39-,40+/m0/s1. The summed E-state index contributed by atoms with van der Waals surface area (Å²) >= 11 is 0. The maximum absolute atomic E-state index is 14.5. The number of nitrogens with two attached hydrogens (primary N) is 1. The van der Waals surface area contributed by atoms with Gasteiger partial charge in [0.25, 0.3) is 15.9 Å². The van der Waals surface area contributed by atoms with Crippen molar-refractivity contribution >= 4 is 32.5 Å². The van der Waals surface area contributed by atoms with Crippen molar-refractivity contribution in [3.8, 4) is 28.4 Å². The fraction of sp³-hybridized carbons (Fsp3) is 0.429. The molecule has 1 amide bonds. The number of benzene rings is 4. The van der Waals surface area contributed by atoms with Crippen LogP contribution in [0.1, 0.15) is 70.9 Å². The molecule has 0 spiro atoms. The lowest BCUT2D eigenvalue weighted by molar-refractivity contribution is -0.132. The van der Waals surface area contributed by atoms with Gasteiger partial charge in [-0.1, -0.05) is 42.8 Å². The van der Waals surface area contributed by atoms with Crippen molar-refractivity contribution < 1.29 is 32.2 Å². The van der Waals surface area contributed by atoms with Crippen molar-refractivity contribution in [2.75, 3.05) is 21.0 Å². The summed E-state index contributed by atoms with van der Waals surface area (Å²) < 4.78 is 46.7. The summed E-state index contributed by atoms with van der Waals surface area (Å²) in [6, 6.07) is 20.0. The second kappa shape index (κ2) is 16.1. The van der Waals surface area contributed by atoms with Crippen LogP contribution in [0.25, 0.3) is 21.9 Å². The highest BCUT2D eigenvalue weighted by molar-refractivity contribution is 7.90. The number of Topliss-reactive ketones (excluding diaryl/α,β-unsaturated/α-hetero) is 1. The fourth-order valence-corrected chi connectivity index (χ4v) is 8.70. The first-order valence-electron chi connectivity index (χ1n) is 18.6. The zero-order chi connectivity index (χ0) is 38.9. The minimum atomic E-state index is -4.35. The van der Waals surface area contributed by atoms with Crippen LogP contribution in [0.2, 0.25) is 0 Å². The first-order chi connectivity index (χ1) is 25.7. The van der Waals surface area contributed by atoms with Gasteiger partial charge in [-0.25, -0.2) is 13.1 Å². The monoisotopic (exact) mass is 756 g/mol. The number of piperidine rings is 1. The molecule has 2 aliphatic rings. The van der Waals surface area contributed by atoms with Gasteiger partial charge in [-0.05, 0) is 124 Å². The molecule has 2 aliphatic heterocycles. The van der Waals surface area contributed by atoms with E-state index < -0.39 is 33.9 Å². The third kappa shape index (κ3) is 8.12. The van der Waals surface area contributed by atoms with Gasteiger partial charge >= 0.3 is 0 Å². The Bertz CT molecular complexity index is 2130. The molecule has 0 unspecified atom stereocenters. The first-order valence-corrected chi connectivity index (χ1v) is 20.1. The van der Waals surface area contributed by atoms with Gasteiger partial charge in [0.2, 0.25) is 6.79 Å². The molecule has 2 heterocycles. The predicted molar refractivity (Wildman–Crippen MR) is 210 cm³/mol. The molecule has 1 fully saturated rings. The summed E-state index contributed by atoms with van der Waals surface area (Å²) in [6.45, 7) is 10.7. The minimum Gasteiger partial charge on any atom is -0.497 e. The highest BCUT2D eigenvalue weighted by Gasteiger charge is 2.41. The number of hydrogen-bond acceptors (Lipinski definition) is 10. The number of hydrogen-bond donors (Lipinski definition) is 2. The summed E-state index contributed by atoms with van der Waals surface area (Å²) in [5.74, 6) is -0.400. The molecule has 4 aromatic rings. The molecule has 12 heteroatoms. The third-order valence-corrected chi connectivity index (χ3v) is 12.4. The molecule has 4 aromatic carbocycles. The SMILES string of the molecule is COc1ccc2cc(S(=O)(=O)NC(=O)[C@@H]([C@@H](C(=O)[C@H](C)N)c3ccc(CN4[C@H](C)CCC[C@@H]4C)c(-c4ccc5c(c4)OCO5)c3)N(C)C(C)C)ccc2c1. The molecule has 0 aromatic heterocycles. The number of ketones is 1. The van der Waals surface area contributed by atoms with Gasteiger partial charge in [-0.2, -0.15) is 0 Å². The van der Waals surface area contributed by atoms with E-state index in [1.165, 1.54) is 18.6 Å². The number of ether oxygens (including phenoxy) is 3. The van der Waals surface area contributed by atoms with Crippen molar-refractivity contribution in [3.63, 3.8) is 0 Å². The average Bonchev–Trinajstić information content (AvgIpc) is 3.62. The maximum atomic E-state index is 14.5. The Morgan fingerprint density at radius 3 is 2.30 bits per heavy atom. The summed E-state index contributed by atoms with van der Waals surface area (Å²) in [4.78, 5) is 32.9. The van der Waals surface area contributed by atoms with Crippen LogP contribution in [-0.4, -0.2) is 81.1 Å². The van der Waals surface area contributed by atoms with Crippen molar-refractivity contribution in [2.24, 2.45) is 5.73 Å². The van der Waals surface area contributed by atoms with Crippen LogP contribution < -0.4 is 24.7 Å². The number of methoxy groups -OCH3 is 1. The number of nitrogens with zero attached hydrogens (tertiary/aromatic N) is 2. The van der Waals surface area contributed by atoms with Crippen molar-refractivity contribution in [2.45, 2.75) is 101 Å². The van der Waals surface area contributed by atoms with Gasteiger partial charge in [-0.3, -0.25) is 19.4 Å². The third-order valence-electron chi connectivity index (χ3n) is 11.1. The number of likely N-dealkylation sites (N-methyl/N-ethyl adjacent to an activating group) is 1. The molecule has 0 radical (unpaired) electrons. The summed E-state index contributed by atoms with van der Waals surface area (Å²) in [5.41, 5.74) is 9.67. The van der Waals surface area contributed by atoms with E-state index in [2.05, 4.69) is 23.5 Å². The van der Waals surface area contributed by atoms with Gasteiger partial charge in [0.05, 0.1) is 24.0 Å². The Kier molecular flexibility index (Phi) is 11.7. The van der Waals surface area contributed by atoms with E-state index in [0.29, 0.717) is 46.8 Å². The average molecular weight is 757 g/mol. The Morgan fingerprint density at radius 2 is 1.61 bits per heavy atom. The van der Waals surface area contributed by atoms with E-state index in [4.69, 9.17) is 19.9 Å². The Labute approximate surface area is 318 Å². The highest BCUT2D eigenvalue weighted by atomic mass is 32.2. The van der Waals surface area contributed by atoms with Crippen LogP contribution in [0.3, 0.4) is 0 Å². The smallest absolute Gasteiger partial charge is 0.264 e. The Balaban J connectivity index is 1.43. The van der Waals surface area contributed by atoms with Gasteiger partial charge < -0.3 is 19.9 Å². The Morgan fingerprint density at radius 1 is 0.926 bits per heavy atom. The summed E-state index contributed by atoms with van der Waals surface area (Å²) in [5, 5.41) is 1.45. The molecule has 54 heavy (non-hydrogen) atoms. The topological polar surface area (TPSA) is 140 Å². The van der Waals surface area contributed by atoms with Crippen LogP contribution in [0, 0.1) is 0 Å². The molecular weight excluding hydrogens is 705 g/mol. The predicted octanol–water partition coefficient (Wildman–Crippen LogP) is 6.22. The zero-order valence-electron chi connectivity index (χ0n) is 32.2. The highest BCUT2D eigenvalue weighted by Crippen LogP contribution is 2.40. The molecule has 0 saturated carbocycles. The van der Waals surface area contributed by atoms with Crippen LogP contribution >= 0.6 is 0 Å². The number of rotatable bonds is 13. The summed E-state index contributed by atoms with van der Waals surface area (Å²) in [7, 11) is -1.07. The molecule has 3 N–H and O–H groups in total. The minimum absolute atomic E-state index is 0.0786. The van der Waals surface area contributed by atoms with E-state index in [1.54, 1.807) is 50.2 Å². The molecule has 0 aliphatic carbocycles. The van der Waals surface area contributed by atoms with Gasteiger partial charge in [0, 0.05) is 24.7 Å². The number of amides is 1. The van der Waals surface area contributed by atoms with Crippen molar-refractivity contribution in [1.29, 1.82) is 0 Å². The molecular formula is C42H52N4O7S. The van der Waals surface area contributed by atoms with E-state index in [9.17, 15) is 18.0 Å². The Hall–Kier alpha value is -4.49. The van der Waals surface area contributed by atoms with Crippen molar-refractivity contribution in [1.82, 2.24) is 14.5 Å². The summed E-state index contributed by atoms with van der Waals surface area (Å²) in [6.07, 6.45) is 3.41. The van der Waals surface area contributed by atoms with E-state index >= 15 is 0 Å². The van der Waals surface area contributed by atoms with Crippen LogP contribution in [0.15, 0.2) is 77.7 Å². The van der Waals surface area contributed by atoms with Crippen molar-refractivity contribution in [3.05, 3.63) is 83.9 Å². The quantitative estimate of drug-likeness (QED) is 0.162. The van der Waals surface area contributed by atoms with Crippen LogP contribution in [0.5, 0.6) is 17.2 Å². The first kappa shape index (κ1) is 39.2. The van der Waals surface area contributed by atoms with Crippen LogP contribution in [0.4, 0.5) is 0 Å². The van der Waals surface area contributed by atoms with Gasteiger partial charge in [0.15, 0.2) is 17.3 Å². The lowest BCUT2D eigenvalue weighted by Crippen LogP contribution is -2.55. The van der Waals surface area contributed by atoms with Gasteiger partial charge in [0.1, 0.15) is 11.8 Å². The number of fused-ring (bicyclic) bond motifs is 2. The van der Waals surface area contributed by atoms with Crippen LogP contribution in [-0.2, 0) is 26.2 Å². The number of nitrogens with one attached hydrogen (secondary N) is 1. The molecule has 288 valence electrons. The van der Waals surface area contributed by atoms with E-state index in [0.717, 1.165) is 34.9 Å². The molecule has 5 atom stereocenters. The lowest BCUT2D eigenvalue weighted by atomic mass is 9.81. The number of likely N-dealkylation sites (tertiary alicyclic amines) is 1. The largest absolute Gasteiger partial charge is 0.497 e. The second-order valence-electron chi connectivity index (χ2n) is 15.0. The second-order valence-corrected chi connectivity index (χ2v) is 16.7. The lowest BCUT2D eigenvalue weighted by Gasteiger charge is -2.39. The molecule has 1 saturated heterocycles. The normalized spacial score (nSPS) is 19.1. The number of carbonyl (C=O) groups is 2. The van der Waals surface area contributed by atoms with E-state index in [1.807, 2.05) is 50.2 Å². The van der Waals surface area contributed by atoms with E-state index in [-0.39, 0.29) is 23.5 Å². The number of sulfonamides is 1. The number of carbonyl (C=O) groups excluding carboxylic acids is 2. The fourth-order valence-electron chi connectivity index (χ4n) is 7.67.